The van der Waals surface area contributed by atoms with Crippen LogP contribution in [0.2, 0.25) is 0 Å². The molecule has 0 bridgehead atoms. The van der Waals surface area contributed by atoms with Gasteiger partial charge in [0.1, 0.15) is 6.33 Å². The molecule has 3 heterocycles. The Morgan fingerprint density at radius 3 is 2.39 bits per heavy atom. The van der Waals surface area contributed by atoms with Gasteiger partial charge in [-0.1, -0.05) is 0 Å². The van der Waals surface area contributed by atoms with Crippen molar-refractivity contribution in [2.24, 2.45) is 0 Å². The molecule has 2 fully saturated rings. The Morgan fingerprint density at radius 2 is 1.81 bits per heavy atom. The summed E-state index contributed by atoms with van der Waals surface area (Å²) in [6.45, 7) is 1.99. The Morgan fingerprint density at radius 1 is 1.13 bits per heavy atom. The van der Waals surface area contributed by atoms with Crippen molar-refractivity contribution in [1.29, 1.82) is 0 Å². The van der Waals surface area contributed by atoms with E-state index < -0.39 is 30.0 Å². The zero-order valence-electron chi connectivity index (χ0n) is 16.6. The van der Waals surface area contributed by atoms with Gasteiger partial charge < -0.3 is 0 Å². The van der Waals surface area contributed by atoms with Crippen molar-refractivity contribution in [3.8, 4) is 11.4 Å². The number of nitro benzene ring substituents is 1. The number of sulfonamides is 1. The van der Waals surface area contributed by atoms with Crippen molar-refractivity contribution in [2.45, 2.75) is 18.3 Å². The third-order valence-corrected chi connectivity index (χ3v) is 9.83. The van der Waals surface area contributed by atoms with Crippen LogP contribution in [0.25, 0.3) is 11.4 Å². The van der Waals surface area contributed by atoms with Gasteiger partial charge in [-0.25, -0.2) is 26.5 Å². The first-order valence-corrected chi connectivity index (χ1v) is 13.0. The smallest absolute Gasteiger partial charge is 0.269 e. The second kappa shape index (κ2) is 8.26. The lowest BCUT2D eigenvalue weighted by Gasteiger charge is -2.34. The standard InChI is InChI=1S/C17H22N6O6S2/c24-23(25)15-3-1-14(2-4-15)17-18-12-21(19-17)13-20-6-8-22(9-7-20)31(28,29)16-5-10-30(26,27)11-16/h1-4,12,16H,5-11,13H2. The van der Waals surface area contributed by atoms with Crippen molar-refractivity contribution in [1.82, 2.24) is 24.0 Å². The monoisotopic (exact) mass is 470 g/mol. The Labute approximate surface area is 179 Å². The van der Waals surface area contributed by atoms with E-state index in [0.717, 1.165) is 0 Å². The zero-order chi connectivity index (χ0) is 22.2. The Kier molecular flexibility index (Phi) is 5.81. The minimum absolute atomic E-state index is 0.00814. The lowest BCUT2D eigenvalue weighted by atomic mass is 10.2. The molecule has 2 aromatic rings. The largest absolute Gasteiger partial charge is 0.282 e. The third kappa shape index (κ3) is 4.76. The van der Waals surface area contributed by atoms with Crippen LogP contribution in [0.1, 0.15) is 6.42 Å². The lowest BCUT2D eigenvalue weighted by molar-refractivity contribution is -0.384. The molecule has 12 nitrogen and oxygen atoms in total. The molecular formula is C17H22N6O6S2. The number of rotatable bonds is 6. The van der Waals surface area contributed by atoms with Gasteiger partial charge in [-0.3, -0.25) is 15.0 Å². The molecule has 0 aliphatic carbocycles. The average Bonchev–Trinajstić information content (AvgIpc) is 3.35. The highest BCUT2D eigenvalue weighted by Gasteiger charge is 2.41. The number of benzene rings is 1. The molecule has 1 aromatic heterocycles. The molecule has 31 heavy (non-hydrogen) atoms. The van der Waals surface area contributed by atoms with E-state index in [0.29, 0.717) is 44.2 Å². The molecule has 4 rings (SSSR count). The summed E-state index contributed by atoms with van der Waals surface area (Å²) in [5.41, 5.74) is 0.651. The molecule has 0 spiro atoms. The summed E-state index contributed by atoms with van der Waals surface area (Å²) in [4.78, 5) is 16.6. The van der Waals surface area contributed by atoms with Crippen molar-refractivity contribution in [3.05, 3.63) is 40.7 Å². The van der Waals surface area contributed by atoms with Crippen LogP contribution in [-0.2, 0) is 26.5 Å². The molecule has 1 unspecified atom stereocenters. The molecule has 2 aliphatic heterocycles. The van der Waals surface area contributed by atoms with Crippen molar-refractivity contribution in [2.75, 3.05) is 37.7 Å². The lowest BCUT2D eigenvalue weighted by Crippen LogP contribution is -2.51. The van der Waals surface area contributed by atoms with Crippen LogP contribution in [0.5, 0.6) is 0 Å². The minimum atomic E-state index is -3.63. The van der Waals surface area contributed by atoms with E-state index in [1.54, 1.807) is 23.1 Å². The number of non-ortho nitro benzene ring substituents is 1. The van der Waals surface area contributed by atoms with Crippen molar-refractivity contribution < 1.29 is 21.8 Å². The van der Waals surface area contributed by atoms with E-state index in [-0.39, 0.29) is 23.6 Å². The van der Waals surface area contributed by atoms with Gasteiger partial charge in [-0.05, 0) is 18.6 Å². The van der Waals surface area contributed by atoms with Crippen molar-refractivity contribution >= 4 is 25.5 Å². The van der Waals surface area contributed by atoms with E-state index in [4.69, 9.17) is 0 Å². The Balaban J connectivity index is 1.34. The maximum absolute atomic E-state index is 12.7. The topological polar surface area (TPSA) is 149 Å². The average molecular weight is 471 g/mol. The predicted molar refractivity (Wildman–Crippen MR) is 111 cm³/mol. The Hall–Kier alpha value is -2.42. The quantitative estimate of drug-likeness (QED) is 0.418. The van der Waals surface area contributed by atoms with Gasteiger partial charge in [-0.15, -0.1) is 5.10 Å². The van der Waals surface area contributed by atoms with Gasteiger partial charge in [-0.2, -0.15) is 4.31 Å². The highest BCUT2D eigenvalue weighted by Crippen LogP contribution is 2.23. The fourth-order valence-electron chi connectivity index (χ4n) is 3.76. The van der Waals surface area contributed by atoms with Gasteiger partial charge in [0.05, 0.1) is 28.3 Å². The third-order valence-electron chi connectivity index (χ3n) is 5.52. The summed E-state index contributed by atoms with van der Waals surface area (Å²) >= 11 is 0. The summed E-state index contributed by atoms with van der Waals surface area (Å²) in [6, 6.07) is 5.96. The van der Waals surface area contributed by atoms with Gasteiger partial charge in [0.25, 0.3) is 5.69 Å². The Bertz CT molecular complexity index is 1170. The highest BCUT2D eigenvalue weighted by molar-refractivity contribution is 7.95. The second-order valence-electron chi connectivity index (χ2n) is 7.64. The van der Waals surface area contributed by atoms with E-state index in [1.165, 1.54) is 16.4 Å². The number of piperazine rings is 1. The molecule has 1 aromatic carbocycles. The number of nitrogens with zero attached hydrogens (tertiary/aromatic N) is 6. The van der Waals surface area contributed by atoms with Crippen LogP contribution in [0.15, 0.2) is 30.6 Å². The maximum Gasteiger partial charge on any atom is 0.269 e. The fraction of sp³-hybridized carbons (Fsp3) is 0.529. The van der Waals surface area contributed by atoms with Crippen LogP contribution in [0, 0.1) is 10.1 Å². The molecule has 2 aliphatic rings. The maximum atomic E-state index is 12.7. The normalized spacial score (nSPS) is 22.5. The van der Waals surface area contributed by atoms with Gasteiger partial charge in [0, 0.05) is 43.9 Å². The SMILES string of the molecule is O=[N+]([O-])c1ccc(-c2ncn(CN3CCN(S(=O)(=O)C4CCS(=O)(=O)C4)CC3)n2)cc1. The van der Waals surface area contributed by atoms with Crippen molar-refractivity contribution in [3.63, 3.8) is 0 Å². The summed E-state index contributed by atoms with van der Waals surface area (Å²) in [6.07, 6.45) is 1.72. The van der Waals surface area contributed by atoms with Gasteiger partial charge in [0.2, 0.25) is 10.0 Å². The molecule has 168 valence electrons. The molecule has 2 saturated heterocycles. The van der Waals surface area contributed by atoms with Gasteiger partial charge in [0.15, 0.2) is 15.7 Å². The first-order valence-electron chi connectivity index (χ1n) is 9.70. The van der Waals surface area contributed by atoms with Crippen LogP contribution in [0.4, 0.5) is 5.69 Å². The van der Waals surface area contributed by atoms with Gasteiger partial charge >= 0.3 is 0 Å². The van der Waals surface area contributed by atoms with Crippen LogP contribution < -0.4 is 0 Å². The van der Waals surface area contributed by atoms with Crippen LogP contribution in [0.3, 0.4) is 0 Å². The molecule has 0 saturated carbocycles. The molecule has 0 radical (unpaired) electrons. The molecule has 0 amide bonds. The summed E-state index contributed by atoms with van der Waals surface area (Å²) in [5.74, 6) is 0.0822. The summed E-state index contributed by atoms with van der Waals surface area (Å²) < 4.78 is 51.8. The number of aromatic nitrogens is 3. The number of sulfone groups is 1. The minimum Gasteiger partial charge on any atom is -0.282 e. The second-order valence-corrected chi connectivity index (χ2v) is 12.1. The first-order chi connectivity index (χ1) is 14.6. The zero-order valence-corrected chi connectivity index (χ0v) is 18.2. The number of hydrogen-bond donors (Lipinski definition) is 0. The van der Waals surface area contributed by atoms with E-state index in [2.05, 4.69) is 10.1 Å². The fourth-order valence-corrected chi connectivity index (χ4v) is 8.28. The number of nitro groups is 1. The summed E-state index contributed by atoms with van der Waals surface area (Å²) in [5, 5.41) is 14.3. The van der Waals surface area contributed by atoms with Crippen LogP contribution >= 0.6 is 0 Å². The van der Waals surface area contributed by atoms with E-state index in [1.807, 2.05) is 4.90 Å². The molecule has 0 N–H and O–H groups in total. The molecule has 1 atom stereocenters. The highest BCUT2D eigenvalue weighted by atomic mass is 32.2. The van der Waals surface area contributed by atoms with Crippen LogP contribution in [-0.4, -0.2) is 88.7 Å². The first kappa shape index (κ1) is 21.8. The summed E-state index contributed by atoms with van der Waals surface area (Å²) in [7, 11) is -6.89. The van der Waals surface area contributed by atoms with E-state index >= 15 is 0 Å². The molecule has 14 heteroatoms. The number of hydrogen-bond acceptors (Lipinski definition) is 9. The predicted octanol–water partition coefficient (Wildman–Crippen LogP) is -0.0547. The molecular weight excluding hydrogens is 448 g/mol. The van der Waals surface area contributed by atoms with E-state index in [9.17, 15) is 26.9 Å².